The third-order valence-electron chi connectivity index (χ3n) is 2.02. The monoisotopic (exact) mass is 178 g/mol. The van der Waals surface area contributed by atoms with Gasteiger partial charge in [0.2, 0.25) is 0 Å². The third kappa shape index (κ3) is 1.28. The Labute approximate surface area is 75.8 Å². The molecule has 0 radical (unpaired) electrons. The van der Waals surface area contributed by atoms with E-state index in [-0.39, 0.29) is 0 Å². The molecule has 1 saturated carbocycles. The van der Waals surface area contributed by atoms with Gasteiger partial charge in [0.15, 0.2) is 0 Å². The van der Waals surface area contributed by atoms with Crippen molar-refractivity contribution in [1.29, 1.82) is 5.26 Å². The standard InChI is InChI=1S/C9H7ClN2/c10-9-5-12-7(4-11)3-8(9)6-1-2-6/h3,5-6H,1-2H2. The summed E-state index contributed by atoms with van der Waals surface area (Å²) >= 11 is 5.92. The molecule has 3 heteroatoms. The summed E-state index contributed by atoms with van der Waals surface area (Å²) < 4.78 is 0. The summed E-state index contributed by atoms with van der Waals surface area (Å²) in [5.41, 5.74) is 1.55. The van der Waals surface area contributed by atoms with Gasteiger partial charge >= 0.3 is 0 Å². The van der Waals surface area contributed by atoms with Crippen LogP contribution in [0, 0.1) is 11.3 Å². The van der Waals surface area contributed by atoms with Crippen molar-refractivity contribution in [3.05, 3.63) is 28.5 Å². The molecule has 0 saturated heterocycles. The topological polar surface area (TPSA) is 36.7 Å². The number of hydrogen-bond acceptors (Lipinski definition) is 2. The van der Waals surface area contributed by atoms with E-state index in [0.29, 0.717) is 16.6 Å². The van der Waals surface area contributed by atoms with Gasteiger partial charge in [0.25, 0.3) is 0 Å². The number of halogens is 1. The van der Waals surface area contributed by atoms with Crippen molar-refractivity contribution < 1.29 is 0 Å². The van der Waals surface area contributed by atoms with E-state index in [0.717, 1.165) is 5.56 Å². The van der Waals surface area contributed by atoms with E-state index in [2.05, 4.69) is 4.98 Å². The number of aromatic nitrogens is 1. The van der Waals surface area contributed by atoms with Crippen molar-refractivity contribution in [2.45, 2.75) is 18.8 Å². The maximum atomic E-state index is 8.60. The molecule has 1 aliphatic carbocycles. The van der Waals surface area contributed by atoms with Crippen LogP contribution in [0.15, 0.2) is 12.3 Å². The zero-order valence-corrected chi connectivity index (χ0v) is 7.17. The fourth-order valence-corrected chi connectivity index (χ4v) is 1.48. The van der Waals surface area contributed by atoms with Gasteiger partial charge < -0.3 is 0 Å². The third-order valence-corrected chi connectivity index (χ3v) is 2.33. The molecule has 0 unspecified atom stereocenters. The van der Waals surface area contributed by atoms with Crippen LogP contribution >= 0.6 is 11.6 Å². The molecule has 1 fully saturated rings. The first-order valence-electron chi connectivity index (χ1n) is 3.87. The minimum Gasteiger partial charge on any atom is -0.244 e. The van der Waals surface area contributed by atoms with Gasteiger partial charge in [0, 0.05) is 6.20 Å². The average Bonchev–Trinajstić information content (AvgIpc) is 2.88. The van der Waals surface area contributed by atoms with Gasteiger partial charge in [-0.2, -0.15) is 5.26 Å². The molecule has 2 nitrogen and oxygen atoms in total. The van der Waals surface area contributed by atoms with Crippen LogP contribution in [0.2, 0.25) is 5.02 Å². The molecule has 1 aromatic rings. The van der Waals surface area contributed by atoms with Crippen LogP contribution < -0.4 is 0 Å². The molecule has 0 aromatic carbocycles. The van der Waals surface area contributed by atoms with Crippen molar-refractivity contribution in [3.63, 3.8) is 0 Å². The summed E-state index contributed by atoms with van der Waals surface area (Å²) in [5.74, 6) is 0.576. The first-order valence-corrected chi connectivity index (χ1v) is 4.24. The summed E-state index contributed by atoms with van der Waals surface area (Å²) in [6.45, 7) is 0. The SMILES string of the molecule is N#Cc1cc(C2CC2)c(Cl)cn1. The molecule has 2 rings (SSSR count). The van der Waals surface area contributed by atoms with Crippen molar-refractivity contribution in [2.24, 2.45) is 0 Å². The number of nitriles is 1. The maximum absolute atomic E-state index is 8.60. The van der Waals surface area contributed by atoms with E-state index >= 15 is 0 Å². The Kier molecular flexibility index (Phi) is 1.74. The highest BCUT2D eigenvalue weighted by Gasteiger charge is 2.26. The van der Waals surface area contributed by atoms with E-state index in [4.69, 9.17) is 16.9 Å². The maximum Gasteiger partial charge on any atom is 0.140 e. The molecule has 0 amide bonds. The van der Waals surface area contributed by atoms with Crippen molar-refractivity contribution in [1.82, 2.24) is 4.98 Å². The fraction of sp³-hybridized carbons (Fsp3) is 0.333. The van der Waals surface area contributed by atoms with E-state index in [9.17, 15) is 0 Å². The van der Waals surface area contributed by atoms with Crippen molar-refractivity contribution in [2.75, 3.05) is 0 Å². The average molecular weight is 179 g/mol. The second kappa shape index (κ2) is 2.76. The molecule has 60 valence electrons. The summed E-state index contributed by atoms with van der Waals surface area (Å²) in [6, 6.07) is 3.80. The van der Waals surface area contributed by atoms with Crippen LogP contribution in [0.5, 0.6) is 0 Å². The molecule has 0 spiro atoms. The lowest BCUT2D eigenvalue weighted by Crippen LogP contribution is -1.87. The van der Waals surface area contributed by atoms with E-state index in [1.807, 2.05) is 6.07 Å². The van der Waals surface area contributed by atoms with Crippen LogP contribution in [0.4, 0.5) is 0 Å². The molecular weight excluding hydrogens is 172 g/mol. The molecule has 1 aromatic heterocycles. The summed E-state index contributed by atoms with van der Waals surface area (Å²) in [7, 11) is 0. The highest BCUT2D eigenvalue weighted by molar-refractivity contribution is 6.31. The van der Waals surface area contributed by atoms with Crippen LogP contribution in [-0.4, -0.2) is 4.98 Å². The van der Waals surface area contributed by atoms with Gasteiger partial charge in [-0.05, 0) is 30.4 Å². The molecule has 1 aliphatic rings. The Bertz CT molecular complexity index is 350. The minimum atomic E-state index is 0.460. The lowest BCUT2D eigenvalue weighted by Gasteiger charge is -2.00. The largest absolute Gasteiger partial charge is 0.244 e. The van der Waals surface area contributed by atoms with Crippen LogP contribution in [0.25, 0.3) is 0 Å². The lowest BCUT2D eigenvalue weighted by atomic mass is 10.1. The van der Waals surface area contributed by atoms with Gasteiger partial charge in [-0.25, -0.2) is 4.98 Å². The van der Waals surface area contributed by atoms with E-state index in [1.165, 1.54) is 12.8 Å². The number of pyridine rings is 1. The molecular formula is C9H7ClN2. The highest BCUT2D eigenvalue weighted by Crippen LogP contribution is 2.42. The van der Waals surface area contributed by atoms with Crippen molar-refractivity contribution >= 4 is 11.6 Å². The minimum absolute atomic E-state index is 0.460. The predicted octanol–water partition coefficient (Wildman–Crippen LogP) is 2.48. The Morgan fingerprint density at radius 2 is 2.33 bits per heavy atom. The van der Waals surface area contributed by atoms with Crippen molar-refractivity contribution in [3.8, 4) is 6.07 Å². The zero-order chi connectivity index (χ0) is 8.55. The molecule has 1 heterocycles. The number of hydrogen-bond donors (Lipinski definition) is 0. The van der Waals surface area contributed by atoms with Gasteiger partial charge in [-0.15, -0.1) is 0 Å². The first kappa shape index (κ1) is 7.57. The smallest absolute Gasteiger partial charge is 0.140 e. The van der Waals surface area contributed by atoms with Gasteiger partial charge in [-0.1, -0.05) is 11.6 Å². The summed E-state index contributed by atoms with van der Waals surface area (Å²) in [5, 5.41) is 9.29. The molecule has 0 aliphatic heterocycles. The molecule has 12 heavy (non-hydrogen) atoms. The Morgan fingerprint density at radius 1 is 1.58 bits per heavy atom. The number of nitrogens with zero attached hydrogens (tertiary/aromatic N) is 2. The van der Waals surface area contributed by atoms with Crippen LogP contribution in [0.1, 0.15) is 30.0 Å². The van der Waals surface area contributed by atoms with Crippen LogP contribution in [-0.2, 0) is 0 Å². The fourth-order valence-electron chi connectivity index (χ4n) is 1.22. The lowest BCUT2D eigenvalue weighted by molar-refractivity contribution is 1.10. The molecule has 0 bridgehead atoms. The second-order valence-electron chi connectivity index (χ2n) is 2.98. The molecule has 0 atom stereocenters. The van der Waals surface area contributed by atoms with Gasteiger partial charge in [0.05, 0.1) is 5.02 Å². The highest BCUT2D eigenvalue weighted by atomic mass is 35.5. The second-order valence-corrected chi connectivity index (χ2v) is 3.38. The summed E-state index contributed by atoms with van der Waals surface area (Å²) in [6.07, 6.45) is 3.94. The predicted molar refractivity (Wildman–Crippen MR) is 45.9 cm³/mol. The zero-order valence-electron chi connectivity index (χ0n) is 6.42. The van der Waals surface area contributed by atoms with E-state index < -0.39 is 0 Å². The van der Waals surface area contributed by atoms with Crippen LogP contribution in [0.3, 0.4) is 0 Å². The Hall–Kier alpha value is -1.07. The molecule has 0 N–H and O–H groups in total. The number of rotatable bonds is 1. The Morgan fingerprint density at radius 3 is 2.92 bits per heavy atom. The quantitative estimate of drug-likeness (QED) is 0.663. The summed E-state index contributed by atoms with van der Waals surface area (Å²) in [4.78, 5) is 3.87. The normalized spacial score (nSPS) is 15.7. The van der Waals surface area contributed by atoms with Gasteiger partial charge in [0.1, 0.15) is 11.8 Å². The first-order chi connectivity index (χ1) is 5.81. The van der Waals surface area contributed by atoms with E-state index in [1.54, 1.807) is 12.3 Å². The van der Waals surface area contributed by atoms with Gasteiger partial charge in [-0.3, -0.25) is 0 Å². The Balaban J connectivity index is 2.44.